The highest BCUT2D eigenvalue weighted by Crippen LogP contribution is 2.32. The van der Waals surface area contributed by atoms with E-state index in [0.717, 1.165) is 5.69 Å². The van der Waals surface area contributed by atoms with Gasteiger partial charge in [-0.3, -0.25) is 10.2 Å². The van der Waals surface area contributed by atoms with E-state index in [2.05, 4.69) is 25.6 Å². The highest BCUT2D eigenvalue weighted by Gasteiger charge is 2.37. The van der Waals surface area contributed by atoms with Gasteiger partial charge in [-0.25, -0.2) is 24.4 Å². The largest absolute Gasteiger partial charge is 0.464 e. The molecule has 12 nitrogen and oxygen atoms in total. The van der Waals surface area contributed by atoms with Crippen LogP contribution in [0.1, 0.15) is 24.2 Å². The first-order chi connectivity index (χ1) is 20.0. The summed E-state index contributed by atoms with van der Waals surface area (Å²) in [5.41, 5.74) is 3.30. The molecule has 4 aromatic rings. The highest BCUT2D eigenvalue weighted by molar-refractivity contribution is 5.91. The van der Waals surface area contributed by atoms with Crippen LogP contribution in [0.2, 0.25) is 0 Å². The molecule has 3 aromatic heterocycles. The number of para-hydroxylation sites is 1. The first-order valence-electron chi connectivity index (χ1n) is 13.2. The van der Waals surface area contributed by atoms with Gasteiger partial charge in [-0.15, -0.1) is 0 Å². The van der Waals surface area contributed by atoms with Gasteiger partial charge in [0.1, 0.15) is 17.6 Å². The summed E-state index contributed by atoms with van der Waals surface area (Å²) in [7, 11) is 1.60. The molecular formula is C28H31FN8O4. The number of nitrogens with zero attached hydrogens (tertiary/aromatic N) is 6. The van der Waals surface area contributed by atoms with E-state index in [1.54, 1.807) is 35.3 Å². The summed E-state index contributed by atoms with van der Waals surface area (Å²) >= 11 is 0. The normalized spacial score (nSPS) is 17.0. The summed E-state index contributed by atoms with van der Waals surface area (Å²) in [4.78, 5) is 31.6. The second kappa shape index (κ2) is 12.8. The zero-order chi connectivity index (χ0) is 28.8. The molecule has 13 heteroatoms. The number of nitrogens with one attached hydrogen (secondary N) is 2. The van der Waals surface area contributed by atoms with Gasteiger partial charge in [0.15, 0.2) is 0 Å². The molecule has 214 valence electrons. The molecular weight excluding hydrogens is 531 g/mol. The van der Waals surface area contributed by atoms with E-state index in [0.29, 0.717) is 54.5 Å². The molecule has 0 unspecified atom stereocenters. The van der Waals surface area contributed by atoms with E-state index in [1.165, 1.54) is 12.3 Å². The lowest BCUT2D eigenvalue weighted by atomic mass is 10.0. The molecule has 1 fully saturated rings. The lowest BCUT2D eigenvalue weighted by molar-refractivity contribution is -0.154. The predicted molar refractivity (Wildman–Crippen MR) is 148 cm³/mol. The molecule has 41 heavy (non-hydrogen) atoms. The zero-order valence-electron chi connectivity index (χ0n) is 23.0. The SMILES string of the molecule is CCOc1ncc(-c2nn(-c3ccccc3)c(NC(=O)N[C@@H]3CN(CCOC)O[C@H]3c3ccnc(F)c3)c2C)cn1. The van der Waals surface area contributed by atoms with Crippen LogP contribution in [0.5, 0.6) is 6.01 Å². The molecule has 2 atom stereocenters. The maximum Gasteiger partial charge on any atom is 0.320 e. The molecule has 0 spiro atoms. The van der Waals surface area contributed by atoms with Gasteiger partial charge in [0.05, 0.1) is 24.9 Å². The molecule has 0 aliphatic carbocycles. The van der Waals surface area contributed by atoms with Crippen molar-refractivity contribution in [1.29, 1.82) is 0 Å². The van der Waals surface area contributed by atoms with Gasteiger partial charge >= 0.3 is 12.0 Å². The van der Waals surface area contributed by atoms with E-state index >= 15 is 0 Å². The number of hydrogen-bond acceptors (Lipinski definition) is 9. The summed E-state index contributed by atoms with van der Waals surface area (Å²) in [6, 6.07) is 11.7. The van der Waals surface area contributed by atoms with Crippen molar-refractivity contribution in [3.63, 3.8) is 0 Å². The van der Waals surface area contributed by atoms with Crippen LogP contribution in [-0.4, -0.2) is 75.3 Å². The second-order valence-corrected chi connectivity index (χ2v) is 9.28. The minimum atomic E-state index is -0.627. The Labute approximate surface area is 236 Å². The molecule has 2 amide bonds. The molecule has 5 rings (SSSR count). The highest BCUT2D eigenvalue weighted by atomic mass is 19.1. The summed E-state index contributed by atoms with van der Waals surface area (Å²) in [5, 5.41) is 12.4. The molecule has 0 saturated carbocycles. The number of hydroxylamine groups is 2. The Balaban J connectivity index is 1.41. The van der Waals surface area contributed by atoms with Crippen LogP contribution >= 0.6 is 0 Å². The van der Waals surface area contributed by atoms with E-state index in [-0.39, 0.29) is 6.01 Å². The monoisotopic (exact) mass is 562 g/mol. The standard InChI is InChI=1S/C28H31FN8O4/c1-4-40-28-31-15-20(16-32-28)24-18(2)26(37(35-24)21-8-6-5-7-9-21)34-27(38)33-22-17-36(12-13-39-3)41-25(22)19-10-11-30-23(29)14-19/h5-11,14-16,22,25H,4,12-13,17H2,1-3H3,(H2,33,34,38)/t22-,25+/m1/s1. The second-order valence-electron chi connectivity index (χ2n) is 9.28. The van der Waals surface area contributed by atoms with E-state index in [4.69, 9.17) is 19.4 Å². The number of anilines is 1. The third-order valence-corrected chi connectivity index (χ3v) is 6.50. The summed E-state index contributed by atoms with van der Waals surface area (Å²) in [5.74, 6) is -0.155. The third-order valence-electron chi connectivity index (χ3n) is 6.50. The van der Waals surface area contributed by atoms with Crippen LogP contribution in [0.3, 0.4) is 0 Å². The predicted octanol–water partition coefficient (Wildman–Crippen LogP) is 3.70. The van der Waals surface area contributed by atoms with Crippen LogP contribution in [0.4, 0.5) is 15.0 Å². The number of benzene rings is 1. The number of carbonyl (C=O) groups is 1. The lowest BCUT2D eigenvalue weighted by Crippen LogP contribution is -2.42. The maximum atomic E-state index is 13.9. The summed E-state index contributed by atoms with van der Waals surface area (Å²) < 4.78 is 26.1. The Morgan fingerprint density at radius 2 is 1.95 bits per heavy atom. The molecule has 1 aromatic carbocycles. The topological polar surface area (TPSA) is 129 Å². The van der Waals surface area contributed by atoms with Crippen molar-refractivity contribution >= 4 is 11.8 Å². The van der Waals surface area contributed by atoms with Crippen LogP contribution in [-0.2, 0) is 9.57 Å². The fourth-order valence-electron chi connectivity index (χ4n) is 4.57. The van der Waals surface area contributed by atoms with Crippen molar-refractivity contribution in [3.8, 4) is 23.0 Å². The Bertz CT molecular complexity index is 1470. The maximum absolute atomic E-state index is 13.9. The van der Waals surface area contributed by atoms with E-state index in [9.17, 15) is 9.18 Å². The fraction of sp³-hybridized carbons (Fsp3) is 0.321. The van der Waals surface area contributed by atoms with Crippen LogP contribution in [0, 0.1) is 12.9 Å². The number of methoxy groups -OCH3 is 1. The van der Waals surface area contributed by atoms with Crippen molar-refractivity contribution in [2.24, 2.45) is 0 Å². The van der Waals surface area contributed by atoms with E-state index in [1.807, 2.05) is 44.2 Å². The Morgan fingerprint density at radius 1 is 1.17 bits per heavy atom. The Morgan fingerprint density at radius 3 is 2.66 bits per heavy atom. The average Bonchev–Trinajstić information content (AvgIpc) is 3.53. The molecule has 4 heterocycles. The van der Waals surface area contributed by atoms with E-state index < -0.39 is 24.1 Å². The molecule has 0 radical (unpaired) electrons. The number of halogens is 1. The molecule has 0 bridgehead atoms. The van der Waals surface area contributed by atoms with Crippen molar-refractivity contribution in [1.82, 2.24) is 35.1 Å². The van der Waals surface area contributed by atoms with Gasteiger partial charge in [-0.05, 0) is 43.7 Å². The average molecular weight is 563 g/mol. The van der Waals surface area contributed by atoms with Crippen LogP contribution in [0.25, 0.3) is 16.9 Å². The lowest BCUT2D eigenvalue weighted by Gasteiger charge is -2.19. The van der Waals surface area contributed by atoms with Gasteiger partial charge in [0.25, 0.3) is 0 Å². The van der Waals surface area contributed by atoms with Crippen molar-refractivity contribution in [2.75, 3.05) is 38.7 Å². The number of aromatic nitrogens is 5. The Kier molecular flexibility index (Phi) is 8.77. The van der Waals surface area contributed by atoms with Gasteiger partial charge in [0, 0.05) is 49.9 Å². The number of amides is 2. The number of carbonyl (C=O) groups excluding carboxylic acids is 1. The van der Waals surface area contributed by atoms with Gasteiger partial charge in [0.2, 0.25) is 5.95 Å². The minimum Gasteiger partial charge on any atom is -0.464 e. The Hall–Kier alpha value is -4.46. The first kappa shape index (κ1) is 28.1. The third kappa shape index (κ3) is 6.48. The van der Waals surface area contributed by atoms with Crippen molar-refractivity contribution < 1.29 is 23.5 Å². The molecule has 2 N–H and O–H groups in total. The quantitative estimate of drug-likeness (QED) is 0.278. The van der Waals surface area contributed by atoms with Gasteiger partial charge < -0.3 is 14.8 Å². The number of urea groups is 1. The molecule has 1 aliphatic rings. The van der Waals surface area contributed by atoms with Crippen LogP contribution < -0.4 is 15.4 Å². The zero-order valence-corrected chi connectivity index (χ0v) is 23.0. The molecule has 1 aliphatic heterocycles. The van der Waals surface area contributed by atoms with Crippen LogP contribution in [0.15, 0.2) is 61.1 Å². The van der Waals surface area contributed by atoms with Gasteiger partial charge in [-0.2, -0.15) is 14.6 Å². The molecule has 1 saturated heterocycles. The number of hydrogen-bond donors (Lipinski definition) is 2. The minimum absolute atomic E-state index is 0.274. The number of ether oxygens (including phenoxy) is 2. The first-order valence-corrected chi connectivity index (χ1v) is 13.2. The summed E-state index contributed by atoms with van der Waals surface area (Å²) in [6.07, 6.45) is 4.02. The number of rotatable bonds is 10. The number of pyridine rings is 1. The van der Waals surface area contributed by atoms with Gasteiger partial charge in [-0.1, -0.05) is 18.2 Å². The fourth-order valence-corrected chi connectivity index (χ4v) is 4.57. The van der Waals surface area contributed by atoms with Crippen molar-refractivity contribution in [2.45, 2.75) is 26.0 Å². The van der Waals surface area contributed by atoms with Crippen molar-refractivity contribution in [3.05, 3.63) is 78.1 Å². The summed E-state index contributed by atoms with van der Waals surface area (Å²) in [6.45, 7) is 5.46. The smallest absolute Gasteiger partial charge is 0.320 e.